The fourth-order valence-corrected chi connectivity index (χ4v) is 20.8. The summed E-state index contributed by atoms with van der Waals surface area (Å²) in [5.74, 6) is 0. The fraction of sp³-hybridized carbons (Fsp3) is 0.333. The maximum atomic E-state index is 8.53. The van der Waals surface area contributed by atoms with Crippen molar-refractivity contribution in [3.05, 3.63) is 121 Å². The van der Waals surface area contributed by atoms with Crippen molar-refractivity contribution in [3.63, 3.8) is 0 Å². The van der Waals surface area contributed by atoms with Crippen LogP contribution in [-0.2, 0) is 4.12 Å². The van der Waals surface area contributed by atoms with Crippen molar-refractivity contribution >= 4 is 37.4 Å². The van der Waals surface area contributed by atoms with Gasteiger partial charge < -0.3 is 4.12 Å². The van der Waals surface area contributed by atoms with E-state index in [1.807, 2.05) is 0 Å². The minimum atomic E-state index is -2.85. The van der Waals surface area contributed by atoms with Crippen LogP contribution in [0.1, 0.15) is 64.2 Å². The predicted molar refractivity (Wildman–Crippen MR) is 171 cm³/mol. The van der Waals surface area contributed by atoms with Gasteiger partial charge in [-0.2, -0.15) is 0 Å². The van der Waals surface area contributed by atoms with Crippen molar-refractivity contribution in [2.45, 2.75) is 75.3 Å². The standard InChI is InChI=1S/C36H42OSi2/c1-7-19-31(20-8-1)38(32-21-9-2-10-22-32,33-23-11-3-12-24-33)37-39(34-25-13-4-14-26-34,35-27-15-5-16-28-35)36-29-17-6-18-30-36/h1-4,7-14,19-26,35-36H,5-6,15-18,27-30H2. The molecule has 0 heterocycles. The molecule has 0 aromatic heterocycles. The summed E-state index contributed by atoms with van der Waals surface area (Å²) in [6.07, 6.45) is 13.4. The molecule has 2 fully saturated rings. The Balaban J connectivity index is 1.66. The molecule has 4 aromatic rings. The Kier molecular flexibility index (Phi) is 8.29. The Bertz CT molecular complexity index is 1170. The van der Waals surface area contributed by atoms with Gasteiger partial charge >= 0.3 is 0 Å². The van der Waals surface area contributed by atoms with E-state index < -0.39 is 16.6 Å². The highest BCUT2D eigenvalue weighted by molar-refractivity contribution is 7.12. The van der Waals surface area contributed by atoms with Crippen LogP contribution in [0.4, 0.5) is 0 Å². The van der Waals surface area contributed by atoms with Crippen LogP contribution in [-0.4, -0.2) is 16.6 Å². The van der Waals surface area contributed by atoms with Crippen LogP contribution < -0.4 is 20.7 Å². The fourth-order valence-electron chi connectivity index (χ4n) is 7.74. The smallest absolute Gasteiger partial charge is 0.278 e. The molecule has 2 saturated carbocycles. The molecule has 0 bridgehead atoms. The molecule has 0 radical (unpaired) electrons. The van der Waals surface area contributed by atoms with E-state index >= 15 is 0 Å². The summed E-state index contributed by atoms with van der Waals surface area (Å²) in [5, 5.41) is 5.67. The highest BCUT2D eigenvalue weighted by atomic mass is 28.4. The molecule has 0 spiro atoms. The molecule has 200 valence electrons. The minimum Gasteiger partial charge on any atom is -0.441 e. The van der Waals surface area contributed by atoms with Crippen molar-refractivity contribution in [3.8, 4) is 0 Å². The molecule has 0 atom stereocenters. The summed E-state index contributed by atoms with van der Waals surface area (Å²) < 4.78 is 8.53. The minimum absolute atomic E-state index is 0.666. The normalized spacial score (nSPS) is 17.6. The molecule has 1 nitrogen and oxygen atoms in total. The van der Waals surface area contributed by atoms with E-state index in [-0.39, 0.29) is 0 Å². The lowest BCUT2D eigenvalue weighted by Gasteiger charge is -2.52. The zero-order chi connectivity index (χ0) is 26.4. The summed E-state index contributed by atoms with van der Waals surface area (Å²) in [6, 6.07) is 45.6. The summed E-state index contributed by atoms with van der Waals surface area (Å²) in [6.45, 7) is 0. The first-order valence-electron chi connectivity index (χ1n) is 15.3. The van der Waals surface area contributed by atoms with Gasteiger partial charge in [-0.25, -0.2) is 0 Å². The van der Waals surface area contributed by atoms with Gasteiger partial charge in [0.15, 0.2) is 0 Å². The molecular formula is C36H42OSi2. The maximum Gasteiger partial charge on any atom is 0.278 e. The van der Waals surface area contributed by atoms with Crippen LogP contribution in [0.25, 0.3) is 0 Å². The largest absolute Gasteiger partial charge is 0.441 e. The second-order valence-corrected chi connectivity index (χ2v) is 19.4. The van der Waals surface area contributed by atoms with Crippen LogP contribution in [0.5, 0.6) is 0 Å². The van der Waals surface area contributed by atoms with E-state index in [2.05, 4.69) is 121 Å². The zero-order valence-electron chi connectivity index (χ0n) is 23.2. The van der Waals surface area contributed by atoms with Gasteiger partial charge in [-0.15, -0.1) is 0 Å². The monoisotopic (exact) mass is 546 g/mol. The molecule has 3 heteroatoms. The average molecular weight is 547 g/mol. The SMILES string of the molecule is c1ccc([Si](O[Si](c2ccccc2)(C2CCCCC2)C2CCCCC2)(c2ccccc2)c2ccccc2)cc1. The molecule has 0 saturated heterocycles. The molecule has 0 unspecified atom stereocenters. The van der Waals surface area contributed by atoms with E-state index in [1.54, 1.807) is 5.19 Å². The second kappa shape index (κ2) is 12.2. The van der Waals surface area contributed by atoms with Gasteiger partial charge in [-0.1, -0.05) is 186 Å². The topological polar surface area (TPSA) is 9.23 Å². The van der Waals surface area contributed by atoms with Crippen molar-refractivity contribution < 1.29 is 4.12 Å². The Morgan fingerprint density at radius 2 is 0.692 bits per heavy atom. The molecule has 6 rings (SSSR count). The van der Waals surface area contributed by atoms with Gasteiger partial charge in [0.1, 0.15) is 0 Å². The predicted octanol–water partition coefficient (Wildman–Crippen LogP) is 7.19. The Morgan fingerprint density at radius 3 is 1.03 bits per heavy atom. The van der Waals surface area contributed by atoms with Crippen molar-refractivity contribution in [2.24, 2.45) is 0 Å². The van der Waals surface area contributed by atoms with E-state index in [0.717, 1.165) is 0 Å². The van der Waals surface area contributed by atoms with Crippen molar-refractivity contribution in [1.82, 2.24) is 0 Å². The maximum absolute atomic E-state index is 8.53. The van der Waals surface area contributed by atoms with Crippen LogP contribution >= 0.6 is 0 Å². The molecule has 2 aliphatic rings. The van der Waals surface area contributed by atoms with E-state index in [1.165, 1.54) is 79.8 Å². The van der Waals surface area contributed by atoms with E-state index in [9.17, 15) is 0 Å². The van der Waals surface area contributed by atoms with Gasteiger partial charge in [0.2, 0.25) is 8.32 Å². The lowest BCUT2D eigenvalue weighted by atomic mass is 9.99. The molecule has 0 N–H and O–H groups in total. The molecule has 4 aromatic carbocycles. The van der Waals surface area contributed by atoms with E-state index in [4.69, 9.17) is 4.12 Å². The van der Waals surface area contributed by atoms with Gasteiger partial charge in [0, 0.05) is 0 Å². The van der Waals surface area contributed by atoms with Crippen LogP contribution in [0, 0.1) is 0 Å². The number of benzene rings is 4. The molecular weight excluding hydrogens is 505 g/mol. The molecule has 2 aliphatic carbocycles. The third-order valence-electron chi connectivity index (χ3n) is 9.51. The van der Waals surface area contributed by atoms with Crippen molar-refractivity contribution in [2.75, 3.05) is 0 Å². The highest BCUT2D eigenvalue weighted by Gasteiger charge is 2.57. The quantitative estimate of drug-likeness (QED) is 0.168. The summed E-state index contributed by atoms with van der Waals surface area (Å²) in [5.41, 5.74) is 1.33. The molecule has 39 heavy (non-hydrogen) atoms. The van der Waals surface area contributed by atoms with Gasteiger partial charge in [0.05, 0.1) is 0 Å². The summed E-state index contributed by atoms with van der Waals surface area (Å²) >= 11 is 0. The third-order valence-corrected chi connectivity index (χ3v) is 20.3. The van der Waals surface area contributed by atoms with Crippen LogP contribution in [0.15, 0.2) is 121 Å². The Morgan fingerprint density at radius 1 is 0.385 bits per heavy atom. The van der Waals surface area contributed by atoms with Gasteiger partial charge in [0.25, 0.3) is 8.32 Å². The lowest BCUT2D eigenvalue weighted by molar-refractivity contribution is 0.396. The number of hydrogen-bond acceptors (Lipinski definition) is 1. The third kappa shape index (κ3) is 5.13. The van der Waals surface area contributed by atoms with Gasteiger partial charge in [-0.05, 0) is 31.8 Å². The number of hydrogen-bond donors (Lipinski definition) is 0. The highest BCUT2D eigenvalue weighted by Crippen LogP contribution is 2.49. The Hall–Kier alpha value is -2.73. The van der Waals surface area contributed by atoms with E-state index in [0.29, 0.717) is 11.1 Å². The van der Waals surface area contributed by atoms with Gasteiger partial charge in [-0.3, -0.25) is 0 Å². The van der Waals surface area contributed by atoms with Crippen LogP contribution in [0.2, 0.25) is 11.1 Å². The summed E-state index contributed by atoms with van der Waals surface area (Å²) in [7, 11) is -5.34. The molecule has 0 amide bonds. The Labute approximate surface area is 237 Å². The lowest BCUT2D eigenvalue weighted by Crippen LogP contribution is -2.76. The number of rotatable bonds is 8. The molecule has 0 aliphatic heterocycles. The zero-order valence-corrected chi connectivity index (χ0v) is 25.2. The van der Waals surface area contributed by atoms with Crippen molar-refractivity contribution in [1.29, 1.82) is 0 Å². The first-order chi connectivity index (χ1) is 19.3. The first-order valence-corrected chi connectivity index (χ1v) is 19.2. The van der Waals surface area contributed by atoms with Crippen LogP contribution in [0.3, 0.4) is 0 Å². The first kappa shape index (κ1) is 26.5. The second-order valence-electron chi connectivity index (χ2n) is 11.7. The average Bonchev–Trinajstić information content (AvgIpc) is 3.04. The summed E-state index contributed by atoms with van der Waals surface area (Å²) in [4.78, 5) is 0.